The predicted octanol–water partition coefficient (Wildman–Crippen LogP) is 2.41. The molecule has 17 heavy (non-hydrogen) atoms. The molecule has 0 spiro atoms. The molecule has 2 rings (SSSR count). The van der Waals surface area contributed by atoms with Crippen molar-refractivity contribution < 1.29 is 9.59 Å². The maximum absolute atomic E-state index is 11.5. The molecule has 0 radical (unpaired) electrons. The molecule has 0 N–H and O–H groups in total. The largest absolute Gasteiger partial charge is 0.269 e. The first kappa shape index (κ1) is 11.6. The van der Waals surface area contributed by atoms with Crippen LogP contribution in [-0.4, -0.2) is 11.8 Å². The van der Waals surface area contributed by atoms with E-state index >= 15 is 0 Å². The average Bonchev–Trinajstić information content (AvgIpc) is 2.58. The lowest BCUT2D eigenvalue weighted by Gasteiger charge is -2.20. The van der Waals surface area contributed by atoms with Crippen molar-refractivity contribution in [1.82, 2.24) is 0 Å². The maximum Gasteiger partial charge on any atom is 0.258 e. The van der Waals surface area contributed by atoms with Crippen molar-refractivity contribution in [3.63, 3.8) is 0 Å². The molecule has 3 heteroatoms. The van der Waals surface area contributed by atoms with Gasteiger partial charge in [-0.1, -0.05) is 32.9 Å². The second-order valence-corrected chi connectivity index (χ2v) is 5.14. The third-order valence-electron chi connectivity index (χ3n) is 2.80. The van der Waals surface area contributed by atoms with Crippen molar-refractivity contribution in [1.29, 1.82) is 0 Å². The Kier molecular flexibility index (Phi) is 2.62. The number of carbonyl (C=O) groups excluding carboxylic acids is 2. The summed E-state index contributed by atoms with van der Waals surface area (Å²) in [4.78, 5) is 24.1. The zero-order chi connectivity index (χ0) is 12.6. The molecule has 1 aromatic carbocycles. The third kappa shape index (κ3) is 2.13. The molecular weight excluding hydrogens is 214 g/mol. The van der Waals surface area contributed by atoms with E-state index < -0.39 is 0 Å². The number of anilines is 1. The van der Waals surface area contributed by atoms with Gasteiger partial charge in [0.2, 0.25) is 0 Å². The molecule has 1 aromatic rings. The molecule has 0 atom stereocenters. The summed E-state index contributed by atoms with van der Waals surface area (Å²) in [6.45, 7) is 6.36. The molecule has 1 heterocycles. The Labute approximate surface area is 101 Å². The standard InChI is InChI=1S/C14H15NO2/c1-14(2,3)10-4-6-11(7-5-10)15-12(16)8-9-13(15)17/h4-9H,1-3H3. The van der Waals surface area contributed by atoms with E-state index in [1.807, 2.05) is 24.3 Å². The van der Waals surface area contributed by atoms with Crippen LogP contribution in [0, 0.1) is 0 Å². The van der Waals surface area contributed by atoms with Crippen LogP contribution in [0.25, 0.3) is 0 Å². The van der Waals surface area contributed by atoms with Gasteiger partial charge in [0.15, 0.2) is 0 Å². The number of rotatable bonds is 1. The van der Waals surface area contributed by atoms with Gasteiger partial charge in [0, 0.05) is 12.2 Å². The summed E-state index contributed by atoms with van der Waals surface area (Å²) in [5.41, 5.74) is 1.86. The maximum atomic E-state index is 11.5. The average molecular weight is 229 g/mol. The van der Waals surface area contributed by atoms with Gasteiger partial charge in [-0.25, -0.2) is 4.90 Å². The molecule has 3 nitrogen and oxygen atoms in total. The molecule has 0 saturated heterocycles. The number of amides is 2. The van der Waals surface area contributed by atoms with E-state index in [0.29, 0.717) is 5.69 Å². The van der Waals surface area contributed by atoms with Crippen molar-refractivity contribution in [2.75, 3.05) is 4.90 Å². The fourth-order valence-electron chi connectivity index (χ4n) is 1.77. The van der Waals surface area contributed by atoms with Crippen LogP contribution in [0.15, 0.2) is 36.4 Å². The Morgan fingerprint density at radius 3 is 1.76 bits per heavy atom. The fourth-order valence-corrected chi connectivity index (χ4v) is 1.77. The first-order chi connectivity index (χ1) is 7.89. The van der Waals surface area contributed by atoms with Crippen LogP contribution in [0.3, 0.4) is 0 Å². The first-order valence-corrected chi connectivity index (χ1v) is 5.56. The van der Waals surface area contributed by atoms with Crippen LogP contribution < -0.4 is 4.90 Å². The Bertz CT molecular complexity index is 474. The summed E-state index contributed by atoms with van der Waals surface area (Å²) in [7, 11) is 0. The van der Waals surface area contributed by atoms with Crippen molar-refractivity contribution >= 4 is 17.5 Å². The molecule has 0 aliphatic carbocycles. The number of hydrogen-bond acceptors (Lipinski definition) is 2. The van der Waals surface area contributed by atoms with Crippen LogP contribution in [0.2, 0.25) is 0 Å². The van der Waals surface area contributed by atoms with E-state index in [2.05, 4.69) is 20.8 Å². The van der Waals surface area contributed by atoms with Crippen LogP contribution in [0.1, 0.15) is 26.3 Å². The van der Waals surface area contributed by atoms with Gasteiger partial charge in [-0.05, 0) is 23.1 Å². The van der Waals surface area contributed by atoms with Gasteiger partial charge in [-0.2, -0.15) is 0 Å². The summed E-state index contributed by atoms with van der Waals surface area (Å²) in [5, 5.41) is 0. The Morgan fingerprint density at radius 1 is 0.882 bits per heavy atom. The highest BCUT2D eigenvalue weighted by molar-refractivity contribution is 6.28. The Morgan fingerprint density at radius 2 is 1.35 bits per heavy atom. The molecule has 2 amide bonds. The zero-order valence-electron chi connectivity index (χ0n) is 10.2. The molecule has 1 aliphatic rings. The van der Waals surface area contributed by atoms with E-state index in [-0.39, 0.29) is 17.2 Å². The van der Waals surface area contributed by atoms with Crippen LogP contribution in [0.5, 0.6) is 0 Å². The second kappa shape index (κ2) is 3.84. The zero-order valence-corrected chi connectivity index (χ0v) is 10.2. The van der Waals surface area contributed by atoms with E-state index in [1.54, 1.807) is 0 Å². The predicted molar refractivity (Wildman–Crippen MR) is 66.8 cm³/mol. The Hall–Kier alpha value is -1.90. The third-order valence-corrected chi connectivity index (χ3v) is 2.80. The van der Waals surface area contributed by atoms with E-state index in [4.69, 9.17) is 0 Å². The molecule has 0 saturated carbocycles. The number of carbonyl (C=O) groups is 2. The van der Waals surface area contributed by atoms with Crippen LogP contribution >= 0.6 is 0 Å². The minimum absolute atomic E-state index is 0.0653. The highest BCUT2D eigenvalue weighted by Gasteiger charge is 2.25. The fraction of sp³-hybridized carbons (Fsp3) is 0.286. The summed E-state index contributed by atoms with van der Waals surface area (Å²) >= 11 is 0. The smallest absolute Gasteiger partial charge is 0.258 e. The monoisotopic (exact) mass is 229 g/mol. The van der Waals surface area contributed by atoms with Crippen LogP contribution in [0.4, 0.5) is 5.69 Å². The molecule has 88 valence electrons. The number of imide groups is 1. The van der Waals surface area contributed by atoms with Crippen molar-refractivity contribution in [2.45, 2.75) is 26.2 Å². The van der Waals surface area contributed by atoms with Crippen molar-refractivity contribution in [3.05, 3.63) is 42.0 Å². The highest BCUT2D eigenvalue weighted by Crippen LogP contribution is 2.26. The van der Waals surface area contributed by atoms with Gasteiger partial charge in [0.1, 0.15) is 0 Å². The molecule has 0 aromatic heterocycles. The van der Waals surface area contributed by atoms with Crippen LogP contribution in [-0.2, 0) is 15.0 Å². The number of benzene rings is 1. The minimum atomic E-state index is -0.279. The van der Waals surface area contributed by atoms with Crippen molar-refractivity contribution in [3.8, 4) is 0 Å². The normalized spacial score (nSPS) is 15.8. The van der Waals surface area contributed by atoms with Gasteiger partial charge in [-0.3, -0.25) is 9.59 Å². The molecule has 0 fully saturated rings. The first-order valence-electron chi connectivity index (χ1n) is 5.56. The van der Waals surface area contributed by atoms with E-state index in [0.717, 1.165) is 0 Å². The lowest BCUT2D eigenvalue weighted by atomic mass is 9.87. The number of hydrogen-bond donors (Lipinski definition) is 0. The summed E-state index contributed by atoms with van der Waals surface area (Å²) in [5.74, 6) is -0.558. The summed E-state index contributed by atoms with van der Waals surface area (Å²) in [6, 6.07) is 7.52. The molecule has 1 aliphatic heterocycles. The summed E-state index contributed by atoms with van der Waals surface area (Å²) in [6.07, 6.45) is 2.58. The van der Waals surface area contributed by atoms with E-state index in [9.17, 15) is 9.59 Å². The van der Waals surface area contributed by atoms with Gasteiger partial charge in [0.05, 0.1) is 5.69 Å². The van der Waals surface area contributed by atoms with Gasteiger partial charge in [-0.15, -0.1) is 0 Å². The van der Waals surface area contributed by atoms with Gasteiger partial charge < -0.3 is 0 Å². The molecule has 0 unspecified atom stereocenters. The minimum Gasteiger partial charge on any atom is -0.269 e. The Balaban J connectivity index is 2.31. The van der Waals surface area contributed by atoms with Crippen molar-refractivity contribution in [2.24, 2.45) is 0 Å². The SMILES string of the molecule is CC(C)(C)c1ccc(N2C(=O)C=CC2=O)cc1. The lowest BCUT2D eigenvalue weighted by Crippen LogP contribution is -2.29. The summed E-state index contributed by atoms with van der Waals surface area (Å²) < 4.78 is 0. The quantitative estimate of drug-likeness (QED) is 0.693. The van der Waals surface area contributed by atoms with Gasteiger partial charge >= 0.3 is 0 Å². The lowest BCUT2D eigenvalue weighted by molar-refractivity contribution is -0.119. The molecular formula is C14H15NO2. The molecule has 0 bridgehead atoms. The topological polar surface area (TPSA) is 37.4 Å². The van der Waals surface area contributed by atoms with E-state index in [1.165, 1.54) is 22.6 Å². The van der Waals surface area contributed by atoms with Gasteiger partial charge in [0.25, 0.3) is 11.8 Å². The highest BCUT2D eigenvalue weighted by atomic mass is 16.2. The second-order valence-electron chi connectivity index (χ2n) is 5.14. The number of nitrogens with zero attached hydrogens (tertiary/aromatic N) is 1.